The average molecular weight is 748 g/mol. The number of hydrogen-bond acceptors (Lipinski definition) is 8. The summed E-state index contributed by atoms with van der Waals surface area (Å²) < 4.78 is 55.2. The first kappa shape index (κ1) is 37.7. The summed E-state index contributed by atoms with van der Waals surface area (Å²) in [5.74, 6) is 0.321. The fourth-order valence-corrected chi connectivity index (χ4v) is 9.06. The molecular formula is C37H55ClFN3O6Si2. The van der Waals surface area contributed by atoms with Gasteiger partial charge < -0.3 is 28.1 Å². The molecule has 276 valence electrons. The Labute approximate surface area is 303 Å². The smallest absolute Gasteiger partial charge is 0.301 e. The molecule has 3 aromatic rings. The van der Waals surface area contributed by atoms with E-state index in [0.717, 1.165) is 36.4 Å². The molecule has 0 radical (unpaired) electrons. The van der Waals surface area contributed by atoms with E-state index in [9.17, 15) is 0 Å². The van der Waals surface area contributed by atoms with Crippen LogP contribution in [0.4, 0.5) is 4.39 Å². The third kappa shape index (κ3) is 8.11. The van der Waals surface area contributed by atoms with Crippen LogP contribution in [-0.2, 0) is 38.2 Å². The van der Waals surface area contributed by atoms with Gasteiger partial charge in [0.25, 0.3) is 0 Å². The molecule has 0 bridgehead atoms. The molecule has 3 aliphatic rings. The molecule has 9 nitrogen and oxygen atoms in total. The summed E-state index contributed by atoms with van der Waals surface area (Å²) in [7, 11) is -3.33. The van der Waals surface area contributed by atoms with Gasteiger partial charge in [-0.1, -0.05) is 58.9 Å². The van der Waals surface area contributed by atoms with E-state index in [1.54, 1.807) is 0 Å². The number of aryl methyl sites for hydroxylation is 1. The lowest BCUT2D eigenvalue weighted by Gasteiger charge is -2.39. The van der Waals surface area contributed by atoms with Gasteiger partial charge in [0, 0.05) is 20.7 Å². The number of imidazole rings is 1. The number of rotatable bonds is 14. The van der Waals surface area contributed by atoms with Crippen molar-refractivity contribution in [3.63, 3.8) is 0 Å². The highest BCUT2D eigenvalue weighted by Crippen LogP contribution is 2.42. The molecular weight excluding hydrogens is 693 g/mol. The van der Waals surface area contributed by atoms with Crippen molar-refractivity contribution < 1.29 is 32.5 Å². The Balaban J connectivity index is 1.24. The predicted molar refractivity (Wildman–Crippen MR) is 200 cm³/mol. The van der Waals surface area contributed by atoms with Crippen LogP contribution >= 0.6 is 11.6 Å². The maximum absolute atomic E-state index is 15.4. The second-order valence-corrected chi connectivity index (χ2v) is 27.6. The van der Waals surface area contributed by atoms with Crippen molar-refractivity contribution >= 4 is 39.2 Å². The van der Waals surface area contributed by atoms with Gasteiger partial charge in [-0.25, -0.2) is 9.37 Å². The van der Waals surface area contributed by atoms with Crippen molar-refractivity contribution in [2.75, 3.05) is 26.4 Å². The summed E-state index contributed by atoms with van der Waals surface area (Å²) in [5, 5.41) is 0.578. The highest BCUT2D eigenvalue weighted by molar-refractivity contribution is 6.76. The van der Waals surface area contributed by atoms with E-state index in [-0.39, 0.29) is 47.9 Å². The summed E-state index contributed by atoms with van der Waals surface area (Å²) in [6, 6.07) is 6.74. The van der Waals surface area contributed by atoms with Gasteiger partial charge in [-0.3, -0.25) is 4.57 Å². The molecule has 2 aromatic heterocycles. The van der Waals surface area contributed by atoms with E-state index in [4.69, 9.17) is 49.7 Å². The minimum Gasteiger partial charge on any atom is -0.493 e. The molecule has 50 heavy (non-hydrogen) atoms. The average Bonchev–Trinajstić information content (AvgIpc) is 3.79. The minimum atomic E-state index is -2.02. The van der Waals surface area contributed by atoms with Crippen LogP contribution in [0.2, 0.25) is 48.8 Å². The third-order valence-electron chi connectivity index (χ3n) is 10.7. The molecule has 0 spiro atoms. The van der Waals surface area contributed by atoms with Gasteiger partial charge in [0.05, 0.1) is 36.6 Å². The van der Waals surface area contributed by atoms with Gasteiger partial charge in [0.2, 0.25) is 0 Å². The molecule has 0 N–H and O–H groups in total. The lowest BCUT2D eigenvalue weighted by atomic mass is 9.95. The van der Waals surface area contributed by atoms with E-state index >= 15 is 4.39 Å². The molecule has 13 heteroatoms. The topological polar surface area (TPSA) is 86.1 Å². The monoisotopic (exact) mass is 747 g/mol. The molecule has 2 saturated heterocycles. The Kier molecular flexibility index (Phi) is 11.1. The molecule has 1 aromatic carbocycles. The molecule has 1 unspecified atom stereocenters. The molecule has 5 atom stereocenters. The van der Waals surface area contributed by atoms with E-state index in [0.29, 0.717) is 66.5 Å². The highest BCUT2D eigenvalue weighted by Gasteiger charge is 2.52. The van der Waals surface area contributed by atoms with E-state index in [2.05, 4.69) is 53.5 Å². The Morgan fingerprint density at radius 3 is 2.42 bits per heavy atom. The summed E-state index contributed by atoms with van der Waals surface area (Å²) >= 11 is 6.87. The number of fused-ring (bicyclic) bond motifs is 3. The van der Waals surface area contributed by atoms with Crippen LogP contribution in [0.3, 0.4) is 0 Å². The van der Waals surface area contributed by atoms with Crippen LogP contribution in [0.15, 0.2) is 18.2 Å². The Hall–Kier alpha value is -2.07. The standard InChI is InChI=1S/C37H55ClFN3O6Si2/c1-10-13-44-25-16-23-11-12-24(32(23)27(39)18-25)17-28-26(38)19-29-35(40-28)42(22-43-14-15-49(5,6)7)36(41-29)47-30-20-45-34-31(21-46-33(30)34)48-50(8,9)37(2,3)4/h16,18-19,24,30-31,33-34H,10-15,17,20-22H2,1-9H3/t24?,30-,31-,33-,34-/m1/s1. The maximum atomic E-state index is 15.4. The Bertz CT molecular complexity index is 1680. The lowest BCUT2D eigenvalue weighted by molar-refractivity contribution is 0.00687. The van der Waals surface area contributed by atoms with Gasteiger partial charge in [0.15, 0.2) is 20.1 Å². The number of pyridine rings is 1. The maximum Gasteiger partial charge on any atom is 0.301 e. The fourth-order valence-electron chi connectivity index (χ4n) is 6.77. The summed E-state index contributed by atoms with van der Waals surface area (Å²) in [6.45, 7) is 22.5. The molecule has 1 aliphatic carbocycles. The lowest BCUT2D eigenvalue weighted by Crippen LogP contribution is -2.47. The summed E-state index contributed by atoms with van der Waals surface area (Å²) in [5.41, 5.74) is 3.67. The first-order valence-corrected chi connectivity index (χ1v) is 25.2. The molecule has 2 aliphatic heterocycles. The van der Waals surface area contributed by atoms with Crippen LogP contribution in [0, 0.1) is 5.82 Å². The first-order valence-electron chi connectivity index (χ1n) is 18.2. The number of hydrogen-bond donors (Lipinski definition) is 0. The second-order valence-electron chi connectivity index (χ2n) is 16.9. The van der Waals surface area contributed by atoms with Crippen LogP contribution in [0.5, 0.6) is 11.8 Å². The summed E-state index contributed by atoms with van der Waals surface area (Å²) in [6.07, 6.45) is 2.00. The SMILES string of the molecule is CCCOc1cc(F)c2c(c1)CCC2Cc1nc2c(cc1Cl)nc(O[C@@H]1CO[C@H]3[C@@H]1OC[C@H]3O[Si](C)(C)C(C)(C)C)n2COCC[Si](C)(C)C. The second kappa shape index (κ2) is 14.8. The van der Waals surface area contributed by atoms with Gasteiger partial charge in [0.1, 0.15) is 36.0 Å². The molecule has 4 heterocycles. The van der Waals surface area contributed by atoms with Gasteiger partial charge in [-0.05, 0) is 79.0 Å². The molecule has 0 amide bonds. The van der Waals surface area contributed by atoms with Gasteiger partial charge >= 0.3 is 6.01 Å². The van der Waals surface area contributed by atoms with E-state index in [1.165, 1.54) is 6.07 Å². The first-order chi connectivity index (χ1) is 23.5. The van der Waals surface area contributed by atoms with Crippen molar-refractivity contribution in [3.8, 4) is 11.8 Å². The molecule has 2 fully saturated rings. The number of halogens is 2. The number of benzene rings is 1. The van der Waals surface area contributed by atoms with Crippen LogP contribution in [0.1, 0.15) is 63.3 Å². The zero-order valence-electron chi connectivity index (χ0n) is 31.2. The normalized spacial score (nSPS) is 23.9. The molecule has 6 rings (SSSR count). The fraction of sp³-hybridized carbons (Fsp3) is 0.676. The Morgan fingerprint density at radius 2 is 1.72 bits per heavy atom. The van der Waals surface area contributed by atoms with Crippen molar-refractivity contribution in [1.29, 1.82) is 0 Å². The predicted octanol–water partition coefficient (Wildman–Crippen LogP) is 8.53. The van der Waals surface area contributed by atoms with Crippen LogP contribution in [-0.4, -0.2) is 81.8 Å². The zero-order valence-corrected chi connectivity index (χ0v) is 34.0. The minimum absolute atomic E-state index is 0.0404. The van der Waals surface area contributed by atoms with Crippen LogP contribution in [0.25, 0.3) is 11.2 Å². The zero-order chi connectivity index (χ0) is 36.0. The molecule has 0 saturated carbocycles. The van der Waals surface area contributed by atoms with Crippen molar-refractivity contribution in [2.24, 2.45) is 0 Å². The van der Waals surface area contributed by atoms with Crippen LogP contribution < -0.4 is 9.47 Å². The van der Waals surface area contributed by atoms with Crippen molar-refractivity contribution in [1.82, 2.24) is 14.5 Å². The third-order valence-corrected chi connectivity index (χ3v) is 17.2. The van der Waals surface area contributed by atoms with E-state index in [1.807, 2.05) is 23.6 Å². The summed E-state index contributed by atoms with van der Waals surface area (Å²) in [4.78, 5) is 9.92. The highest BCUT2D eigenvalue weighted by atomic mass is 35.5. The Morgan fingerprint density at radius 1 is 1.00 bits per heavy atom. The quantitative estimate of drug-likeness (QED) is 0.120. The number of aromatic nitrogens is 3. The number of ether oxygens (including phenoxy) is 5. The van der Waals surface area contributed by atoms with Gasteiger partial charge in [-0.2, -0.15) is 4.98 Å². The van der Waals surface area contributed by atoms with E-state index < -0.39 is 16.4 Å². The number of nitrogens with zero attached hydrogens (tertiary/aromatic N) is 3. The largest absolute Gasteiger partial charge is 0.493 e. The van der Waals surface area contributed by atoms with Gasteiger partial charge in [-0.15, -0.1) is 0 Å². The van der Waals surface area contributed by atoms with Crippen molar-refractivity contribution in [3.05, 3.63) is 45.9 Å². The van der Waals surface area contributed by atoms with Crippen molar-refractivity contribution in [2.45, 2.75) is 134 Å².